The first-order valence-corrected chi connectivity index (χ1v) is 6.96. The number of carbonyl (C=O) groups is 2. The van der Waals surface area contributed by atoms with E-state index in [4.69, 9.17) is 5.11 Å². The zero-order chi connectivity index (χ0) is 16.3. The first kappa shape index (κ1) is 15.6. The highest BCUT2D eigenvalue weighted by atomic mass is 16.4. The molecule has 1 aliphatic heterocycles. The molecular weight excluding hydrogens is 282 g/mol. The van der Waals surface area contributed by atoms with Crippen LogP contribution >= 0.6 is 0 Å². The molecule has 0 saturated carbocycles. The topological polar surface area (TPSA) is 93.4 Å². The number of nitrogens with zero attached hydrogens (tertiary/aromatic N) is 2. The minimum absolute atomic E-state index is 0.114. The highest BCUT2D eigenvalue weighted by Crippen LogP contribution is 2.32. The summed E-state index contributed by atoms with van der Waals surface area (Å²) in [6, 6.07) is 8.71. The van der Waals surface area contributed by atoms with Crippen LogP contribution in [0.15, 0.2) is 36.0 Å². The van der Waals surface area contributed by atoms with Crippen molar-refractivity contribution in [1.29, 1.82) is 5.26 Å². The van der Waals surface area contributed by atoms with Crippen molar-refractivity contribution in [2.24, 2.45) is 0 Å². The highest BCUT2D eigenvalue weighted by molar-refractivity contribution is 5.99. The normalized spacial score (nSPS) is 18.3. The maximum Gasteiger partial charge on any atom is 0.325 e. The maximum absolute atomic E-state index is 12.0. The van der Waals surface area contributed by atoms with E-state index < -0.39 is 17.9 Å². The van der Waals surface area contributed by atoms with Crippen molar-refractivity contribution in [3.05, 3.63) is 41.6 Å². The number of nitrogens with one attached hydrogen (secondary N) is 1. The number of para-hydroxylation sites is 1. The number of hydrogen-bond acceptors (Lipinski definition) is 4. The number of aliphatic carboxylic acids is 1. The average molecular weight is 299 g/mol. The van der Waals surface area contributed by atoms with E-state index in [2.05, 4.69) is 5.32 Å². The van der Waals surface area contributed by atoms with Gasteiger partial charge in [-0.15, -0.1) is 0 Å². The number of rotatable bonds is 4. The Bertz CT molecular complexity index is 675. The van der Waals surface area contributed by atoms with Crippen LogP contribution in [-0.2, 0) is 16.0 Å². The minimum Gasteiger partial charge on any atom is -0.480 e. The minimum atomic E-state index is -1.15. The Morgan fingerprint density at radius 3 is 2.82 bits per heavy atom. The lowest BCUT2D eigenvalue weighted by Crippen LogP contribution is -2.39. The summed E-state index contributed by atoms with van der Waals surface area (Å²) in [5, 5.41) is 20.3. The van der Waals surface area contributed by atoms with E-state index in [1.165, 1.54) is 13.1 Å². The van der Waals surface area contributed by atoms with Gasteiger partial charge in [-0.3, -0.25) is 9.59 Å². The van der Waals surface area contributed by atoms with Crippen LogP contribution in [0.25, 0.3) is 0 Å². The SMILES string of the molecule is CC(NC(=O)/C(C#N)=C\N1c2ccccc2CC1C)C(=O)O. The molecule has 0 spiro atoms. The zero-order valence-electron chi connectivity index (χ0n) is 12.4. The van der Waals surface area contributed by atoms with Crippen LogP contribution in [0.1, 0.15) is 19.4 Å². The van der Waals surface area contributed by atoms with Gasteiger partial charge in [0, 0.05) is 17.9 Å². The van der Waals surface area contributed by atoms with Crippen LogP contribution in [0.2, 0.25) is 0 Å². The predicted molar refractivity (Wildman–Crippen MR) is 81.0 cm³/mol. The quantitative estimate of drug-likeness (QED) is 0.648. The van der Waals surface area contributed by atoms with E-state index in [0.29, 0.717) is 0 Å². The van der Waals surface area contributed by atoms with E-state index in [9.17, 15) is 14.9 Å². The second-order valence-electron chi connectivity index (χ2n) is 5.28. The number of carbonyl (C=O) groups excluding carboxylic acids is 1. The van der Waals surface area contributed by atoms with Crippen LogP contribution < -0.4 is 10.2 Å². The summed E-state index contributed by atoms with van der Waals surface area (Å²) >= 11 is 0. The van der Waals surface area contributed by atoms with Crippen LogP contribution in [0.5, 0.6) is 0 Å². The zero-order valence-corrected chi connectivity index (χ0v) is 12.4. The molecule has 0 aliphatic carbocycles. The number of amides is 1. The van der Waals surface area contributed by atoms with Gasteiger partial charge in [0.05, 0.1) is 0 Å². The third-order valence-corrected chi connectivity index (χ3v) is 3.61. The van der Waals surface area contributed by atoms with Crippen LogP contribution in [-0.4, -0.2) is 29.1 Å². The van der Waals surface area contributed by atoms with E-state index in [0.717, 1.165) is 17.7 Å². The summed E-state index contributed by atoms with van der Waals surface area (Å²) < 4.78 is 0. The van der Waals surface area contributed by atoms with Gasteiger partial charge in [0.25, 0.3) is 5.91 Å². The van der Waals surface area contributed by atoms with Crippen molar-refractivity contribution >= 4 is 17.6 Å². The smallest absolute Gasteiger partial charge is 0.325 e. The molecule has 0 aromatic heterocycles. The fourth-order valence-electron chi connectivity index (χ4n) is 2.40. The van der Waals surface area contributed by atoms with Gasteiger partial charge in [-0.1, -0.05) is 18.2 Å². The Labute approximate surface area is 128 Å². The highest BCUT2D eigenvalue weighted by Gasteiger charge is 2.26. The second kappa shape index (κ2) is 6.31. The molecule has 0 bridgehead atoms. The second-order valence-corrected chi connectivity index (χ2v) is 5.28. The maximum atomic E-state index is 12.0. The van der Waals surface area contributed by atoms with Gasteiger partial charge in [0.2, 0.25) is 0 Å². The summed E-state index contributed by atoms with van der Waals surface area (Å²) in [4.78, 5) is 24.7. The van der Waals surface area contributed by atoms with Crippen molar-refractivity contribution in [3.63, 3.8) is 0 Å². The number of nitriles is 1. The van der Waals surface area contributed by atoms with Gasteiger partial charge >= 0.3 is 5.97 Å². The molecule has 0 saturated heterocycles. The Balaban J connectivity index is 2.24. The lowest BCUT2D eigenvalue weighted by Gasteiger charge is -2.21. The summed E-state index contributed by atoms with van der Waals surface area (Å²) in [6.07, 6.45) is 2.32. The van der Waals surface area contributed by atoms with E-state index in [1.54, 1.807) is 0 Å². The van der Waals surface area contributed by atoms with Crippen molar-refractivity contribution in [3.8, 4) is 6.07 Å². The van der Waals surface area contributed by atoms with E-state index in [1.807, 2.05) is 42.2 Å². The third kappa shape index (κ3) is 3.09. The molecule has 1 amide bonds. The molecular formula is C16H17N3O3. The molecule has 2 unspecified atom stereocenters. The molecule has 6 nitrogen and oxygen atoms in total. The number of carboxylic acid groups (broad SMARTS) is 1. The van der Waals surface area contributed by atoms with Crippen LogP contribution in [0, 0.1) is 11.3 Å². The van der Waals surface area contributed by atoms with Crippen molar-refractivity contribution in [1.82, 2.24) is 5.32 Å². The fraction of sp³-hybridized carbons (Fsp3) is 0.312. The van der Waals surface area contributed by atoms with Gasteiger partial charge < -0.3 is 15.3 Å². The number of anilines is 1. The lowest BCUT2D eigenvalue weighted by atomic mass is 10.1. The number of hydrogen-bond donors (Lipinski definition) is 2. The Morgan fingerprint density at radius 2 is 2.18 bits per heavy atom. The van der Waals surface area contributed by atoms with Crippen molar-refractivity contribution in [2.45, 2.75) is 32.4 Å². The Hall–Kier alpha value is -2.81. The van der Waals surface area contributed by atoms with Crippen LogP contribution in [0.4, 0.5) is 5.69 Å². The van der Waals surface area contributed by atoms with E-state index in [-0.39, 0.29) is 11.6 Å². The first-order chi connectivity index (χ1) is 10.4. The molecule has 0 radical (unpaired) electrons. The summed E-state index contributed by atoms with van der Waals surface area (Å²) in [7, 11) is 0. The van der Waals surface area contributed by atoms with Crippen molar-refractivity contribution < 1.29 is 14.7 Å². The number of fused-ring (bicyclic) bond motifs is 1. The number of carboxylic acids is 1. The summed E-state index contributed by atoms with van der Waals surface area (Å²) in [5.74, 6) is -1.83. The molecule has 114 valence electrons. The Kier molecular flexibility index (Phi) is 4.47. The summed E-state index contributed by atoms with van der Waals surface area (Å²) in [6.45, 7) is 3.35. The molecule has 2 atom stereocenters. The predicted octanol–water partition coefficient (Wildman–Crippen LogP) is 1.43. The molecule has 2 N–H and O–H groups in total. The average Bonchev–Trinajstić information content (AvgIpc) is 2.79. The molecule has 22 heavy (non-hydrogen) atoms. The van der Waals surface area contributed by atoms with Crippen molar-refractivity contribution in [2.75, 3.05) is 4.90 Å². The molecule has 1 heterocycles. The number of benzene rings is 1. The fourth-order valence-corrected chi connectivity index (χ4v) is 2.40. The molecule has 2 rings (SSSR count). The Morgan fingerprint density at radius 1 is 1.50 bits per heavy atom. The largest absolute Gasteiger partial charge is 0.480 e. The van der Waals surface area contributed by atoms with Gasteiger partial charge in [-0.2, -0.15) is 5.26 Å². The van der Waals surface area contributed by atoms with Gasteiger partial charge in [-0.05, 0) is 31.9 Å². The molecule has 1 aromatic rings. The molecule has 0 fully saturated rings. The van der Waals surface area contributed by atoms with Gasteiger partial charge in [-0.25, -0.2) is 0 Å². The first-order valence-electron chi connectivity index (χ1n) is 6.96. The van der Waals surface area contributed by atoms with Gasteiger partial charge in [0.1, 0.15) is 17.7 Å². The van der Waals surface area contributed by atoms with E-state index >= 15 is 0 Å². The molecule has 6 heteroatoms. The monoisotopic (exact) mass is 299 g/mol. The molecule has 1 aromatic carbocycles. The third-order valence-electron chi connectivity index (χ3n) is 3.61. The lowest BCUT2D eigenvalue weighted by molar-refractivity contribution is -0.140. The van der Waals surface area contributed by atoms with Gasteiger partial charge in [0.15, 0.2) is 0 Å². The molecule has 1 aliphatic rings. The summed E-state index contributed by atoms with van der Waals surface area (Å²) in [5.41, 5.74) is 2.00. The standard InChI is InChI=1S/C16H17N3O3/c1-10-7-12-5-3-4-6-14(12)19(10)9-13(8-17)15(20)18-11(2)16(21)22/h3-6,9-11H,7H2,1-2H3,(H,18,20)(H,21,22)/b13-9-. The van der Waals surface area contributed by atoms with Crippen LogP contribution in [0.3, 0.4) is 0 Å².